The second-order valence-electron chi connectivity index (χ2n) is 7.31. The van der Waals surface area contributed by atoms with Gasteiger partial charge < -0.3 is 15.0 Å². The lowest BCUT2D eigenvalue weighted by molar-refractivity contribution is -0.137. The molecule has 2 N–H and O–H groups in total. The summed E-state index contributed by atoms with van der Waals surface area (Å²) in [5.74, 6) is -1.68. The van der Waals surface area contributed by atoms with Crippen LogP contribution in [0.2, 0.25) is 0 Å². The standard InChI is InChI=1S/C22H17F3N6O4/c1-13-9-27-21(34)31(13)16-5-2-14(3-6-16)20(33)35-10-19(32)29-17-8-15(22(23,24)25)4-7-18(17)30-12-26-11-28-30/h2-9,11-12H,10H2,1H3,(H,27,34)(H,29,32). The average molecular weight is 486 g/mol. The van der Waals surface area contributed by atoms with Crippen molar-refractivity contribution in [3.05, 3.63) is 88.6 Å². The van der Waals surface area contributed by atoms with Gasteiger partial charge in [0, 0.05) is 11.9 Å². The van der Waals surface area contributed by atoms with Gasteiger partial charge in [0.1, 0.15) is 12.7 Å². The number of hydrogen-bond acceptors (Lipinski definition) is 6. The highest BCUT2D eigenvalue weighted by Crippen LogP contribution is 2.33. The number of H-pyrrole nitrogens is 1. The van der Waals surface area contributed by atoms with E-state index in [-0.39, 0.29) is 22.6 Å². The molecule has 0 atom stereocenters. The molecule has 0 aliphatic carbocycles. The third kappa shape index (κ3) is 5.13. The summed E-state index contributed by atoms with van der Waals surface area (Å²) in [6.45, 7) is 0.987. The second kappa shape index (κ2) is 9.29. The van der Waals surface area contributed by atoms with Crippen molar-refractivity contribution in [2.24, 2.45) is 0 Å². The Morgan fingerprint density at radius 2 is 1.89 bits per heavy atom. The van der Waals surface area contributed by atoms with E-state index < -0.39 is 30.2 Å². The monoisotopic (exact) mass is 486 g/mol. The minimum atomic E-state index is -4.64. The summed E-state index contributed by atoms with van der Waals surface area (Å²) in [6, 6.07) is 8.64. The maximum Gasteiger partial charge on any atom is 0.416 e. The van der Waals surface area contributed by atoms with Gasteiger partial charge in [0.15, 0.2) is 6.61 Å². The Bertz CT molecular complexity index is 1420. The van der Waals surface area contributed by atoms with Crippen LogP contribution in [0.5, 0.6) is 0 Å². The van der Waals surface area contributed by atoms with E-state index >= 15 is 0 Å². The molecule has 0 fully saturated rings. The zero-order valence-electron chi connectivity index (χ0n) is 18.0. The van der Waals surface area contributed by atoms with Crippen LogP contribution in [-0.4, -0.2) is 42.8 Å². The fourth-order valence-electron chi connectivity index (χ4n) is 3.27. The molecule has 4 aromatic rings. The molecule has 2 heterocycles. The molecule has 4 rings (SSSR count). The fraction of sp³-hybridized carbons (Fsp3) is 0.136. The van der Waals surface area contributed by atoms with Gasteiger partial charge in [-0.15, -0.1) is 0 Å². The van der Waals surface area contributed by atoms with Crippen molar-refractivity contribution < 1.29 is 27.5 Å². The fourth-order valence-corrected chi connectivity index (χ4v) is 3.27. The number of carbonyl (C=O) groups excluding carboxylic acids is 2. The topological polar surface area (TPSA) is 124 Å². The number of nitrogens with one attached hydrogen (secondary N) is 2. The summed E-state index contributed by atoms with van der Waals surface area (Å²) in [5.41, 5.74) is -0.0655. The van der Waals surface area contributed by atoms with Gasteiger partial charge in [-0.2, -0.15) is 18.3 Å². The van der Waals surface area contributed by atoms with Crippen molar-refractivity contribution in [3.8, 4) is 11.4 Å². The molecule has 180 valence electrons. The first kappa shape index (κ1) is 23.5. The number of halogens is 3. The van der Waals surface area contributed by atoms with Crippen LogP contribution in [0, 0.1) is 6.92 Å². The summed E-state index contributed by atoms with van der Waals surface area (Å²) >= 11 is 0. The minimum Gasteiger partial charge on any atom is -0.452 e. The van der Waals surface area contributed by atoms with Crippen LogP contribution >= 0.6 is 0 Å². The summed E-state index contributed by atoms with van der Waals surface area (Å²) < 4.78 is 47.0. The Hall–Kier alpha value is -4.68. The van der Waals surface area contributed by atoms with Crippen molar-refractivity contribution in [2.75, 3.05) is 11.9 Å². The number of nitrogens with zero attached hydrogens (tertiary/aromatic N) is 4. The number of amides is 1. The van der Waals surface area contributed by atoms with Gasteiger partial charge in [0.05, 0.1) is 28.2 Å². The van der Waals surface area contributed by atoms with E-state index in [1.54, 1.807) is 13.1 Å². The number of ether oxygens (including phenoxy) is 1. The van der Waals surface area contributed by atoms with Gasteiger partial charge in [0.2, 0.25) is 0 Å². The molecule has 0 aliphatic rings. The summed E-state index contributed by atoms with van der Waals surface area (Å²) in [4.78, 5) is 42.8. The van der Waals surface area contributed by atoms with Crippen molar-refractivity contribution >= 4 is 17.6 Å². The minimum absolute atomic E-state index is 0.116. The number of imidazole rings is 1. The van der Waals surface area contributed by atoms with Gasteiger partial charge in [-0.25, -0.2) is 19.3 Å². The predicted octanol–water partition coefficient (Wildman–Crippen LogP) is 2.87. The Balaban J connectivity index is 1.44. The Morgan fingerprint density at radius 3 is 2.49 bits per heavy atom. The molecule has 10 nitrogen and oxygen atoms in total. The van der Waals surface area contributed by atoms with Crippen LogP contribution in [-0.2, 0) is 15.7 Å². The number of esters is 1. The first-order chi connectivity index (χ1) is 16.6. The van der Waals surface area contributed by atoms with E-state index in [0.29, 0.717) is 11.4 Å². The van der Waals surface area contributed by atoms with E-state index in [0.717, 1.165) is 18.2 Å². The van der Waals surface area contributed by atoms with Gasteiger partial charge in [-0.05, 0) is 49.4 Å². The van der Waals surface area contributed by atoms with Crippen LogP contribution in [0.1, 0.15) is 21.6 Å². The molecule has 0 aliphatic heterocycles. The third-order valence-electron chi connectivity index (χ3n) is 4.92. The molecular weight excluding hydrogens is 469 g/mol. The van der Waals surface area contributed by atoms with Crippen molar-refractivity contribution in [3.63, 3.8) is 0 Å². The maximum absolute atomic E-state index is 13.1. The number of aryl methyl sites for hydroxylation is 1. The van der Waals surface area contributed by atoms with Crippen molar-refractivity contribution in [2.45, 2.75) is 13.1 Å². The quantitative estimate of drug-likeness (QED) is 0.404. The van der Waals surface area contributed by atoms with Crippen LogP contribution in [0.4, 0.5) is 18.9 Å². The molecule has 35 heavy (non-hydrogen) atoms. The molecule has 0 radical (unpaired) electrons. The number of alkyl halides is 3. The van der Waals surface area contributed by atoms with Gasteiger partial charge >= 0.3 is 17.8 Å². The van der Waals surface area contributed by atoms with Crippen molar-refractivity contribution in [1.82, 2.24) is 24.3 Å². The molecular formula is C22H17F3N6O4. The zero-order valence-corrected chi connectivity index (χ0v) is 18.0. The number of aromatic amines is 1. The molecule has 0 saturated carbocycles. The van der Waals surface area contributed by atoms with E-state index in [9.17, 15) is 27.6 Å². The van der Waals surface area contributed by atoms with Crippen LogP contribution in [0.3, 0.4) is 0 Å². The Labute approximate surface area is 195 Å². The number of rotatable bonds is 6. The van der Waals surface area contributed by atoms with Gasteiger partial charge in [-0.1, -0.05) is 0 Å². The zero-order chi connectivity index (χ0) is 25.2. The molecule has 2 aromatic heterocycles. The smallest absolute Gasteiger partial charge is 0.416 e. The molecule has 2 aromatic carbocycles. The number of benzene rings is 2. The molecule has 0 bridgehead atoms. The first-order valence-corrected chi connectivity index (χ1v) is 10.0. The van der Waals surface area contributed by atoms with E-state index in [4.69, 9.17) is 4.74 Å². The second-order valence-corrected chi connectivity index (χ2v) is 7.31. The van der Waals surface area contributed by atoms with E-state index in [1.807, 2.05) is 0 Å². The molecule has 13 heteroatoms. The lowest BCUT2D eigenvalue weighted by Gasteiger charge is -2.14. The highest BCUT2D eigenvalue weighted by molar-refractivity contribution is 5.96. The molecule has 0 unspecified atom stereocenters. The largest absolute Gasteiger partial charge is 0.452 e. The van der Waals surface area contributed by atoms with Gasteiger partial charge in [-0.3, -0.25) is 9.36 Å². The number of hydrogen-bond donors (Lipinski definition) is 2. The highest BCUT2D eigenvalue weighted by Gasteiger charge is 2.31. The first-order valence-electron chi connectivity index (χ1n) is 10.0. The highest BCUT2D eigenvalue weighted by atomic mass is 19.4. The summed E-state index contributed by atoms with van der Waals surface area (Å²) in [5, 5.41) is 6.17. The Kier molecular flexibility index (Phi) is 6.23. The number of anilines is 1. The Morgan fingerprint density at radius 1 is 1.14 bits per heavy atom. The van der Waals surface area contributed by atoms with E-state index in [2.05, 4.69) is 20.4 Å². The molecule has 0 spiro atoms. The predicted molar refractivity (Wildman–Crippen MR) is 116 cm³/mol. The normalized spacial score (nSPS) is 11.3. The summed E-state index contributed by atoms with van der Waals surface area (Å²) in [6.07, 6.45) is -0.653. The third-order valence-corrected chi connectivity index (χ3v) is 4.92. The summed E-state index contributed by atoms with van der Waals surface area (Å²) in [7, 11) is 0. The van der Waals surface area contributed by atoms with Crippen LogP contribution in [0.25, 0.3) is 11.4 Å². The van der Waals surface area contributed by atoms with Crippen LogP contribution < -0.4 is 11.0 Å². The number of aromatic nitrogens is 5. The molecule has 1 amide bonds. The van der Waals surface area contributed by atoms with Crippen molar-refractivity contribution in [1.29, 1.82) is 0 Å². The number of carbonyl (C=O) groups is 2. The SMILES string of the molecule is Cc1c[nH]c(=O)n1-c1ccc(C(=O)OCC(=O)Nc2cc(C(F)(F)F)ccc2-n2cncn2)cc1. The van der Waals surface area contributed by atoms with Crippen LogP contribution in [0.15, 0.2) is 66.1 Å². The van der Waals surface area contributed by atoms with E-state index in [1.165, 1.54) is 46.2 Å². The lowest BCUT2D eigenvalue weighted by atomic mass is 10.1. The van der Waals surface area contributed by atoms with Gasteiger partial charge in [0.25, 0.3) is 5.91 Å². The molecule has 0 saturated heterocycles. The average Bonchev–Trinajstić information content (AvgIpc) is 3.47. The maximum atomic E-state index is 13.1. The lowest BCUT2D eigenvalue weighted by Crippen LogP contribution is -2.22.